The van der Waals surface area contributed by atoms with Crippen molar-refractivity contribution < 1.29 is 4.74 Å². The Labute approximate surface area is 166 Å². The van der Waals surface area contributed by atoms with Crippen LogP contribution < -0.4 is 9.64 Å². The molecule has 0 radical (unpaired) electrons. The minimum Gasteiger partial charge on any atom is -0.437 e. The summed E-state index contributed by atoms with van der Waals surface area (Å²) in [4.78, 5) is 13.8. The average Bonchev–Trinajstić information content (AvgIpc) is 2.72. The molecule has 2 aromatic rings. The van der Waals surface area contributed by atoms with E-state index >= 15 is 0 Å². The van der Waals surface area contributed by atoms with Gasteiger partial charge in [-0.2, -0.15) is 0 Å². The normalized spacial score (nSPS) is 19.3. The van der Waals surface area contributed by atoms with Gasteiger partial charge in [0.15, 0.2) is 0 Å². The smallest absolute Gasteiger partial charge is 0.224 e. The Bertz CT molecular complexity index is 771. The number of halogens is 1. The zero-order chi connectivity index (χ0) is 18.6. The van der Waals surface area contributed by atoms with Gasteiger partial charge in [0.2, 0.25) is 5.88 Å². The van der Waals surface area contributed by atoms with E-state index in [4.69, 9.17) is 16.3 Å². The number of benzene rings is 1. The van der Waals surface area contributed by atoms with Gasteiger partial charge in [-0.15, -0.1) is 0 Å². The number of hydrogen-bond donors (Lipinski definition) is 0. The summed E-state index contributed by atoms with van der Waals surface area (Å²) in [6.45, 7) is 6.62. The van der Waals surface area contributed by atoms with Crippen LogP contribution >= 0.6 is 11.6 Å². The van der Waals surface area contributed by atoms with Crippen LogP contribution in [0, 0.1) is 6.92 Å². The van der Waals surface area contributed by atoms with E-state index in [9.17, 15) is 0 Å². The van der Waals surface area contributed by atoms with Crippen LogP contribution in [-0.2, 0) is 0 Å². The molecule has 6 heteroatoms. The first-order valence-corrected chi connectivity index (χ1v) is 10.3. The lowest BCUT2D eigenvalue weighted by Crippen LogP contribution is -2.46. The van der Waals surface area contributed by atoms with E-state index in [1.165, 1.54) is 45.2 Å². The minimum absolute atomic E-state index is 0.533. The topological polar surface area (TPSA) is 41.5 Å². The summed E-state index contributed by atoms with van der Waals surface area (Å²) in [5.41, 5.74) is 1.10. The van der Waals surface area contributed by atoms with Crippen molar-refractivity contribution in [3.8, 4) is 11.6 Å². The number of aryl methyl sites for hydroxylation is 1. The predicted molar refractivity (Wildman–Crippen MR) is 109 cm³/mol. The standard InChI is InChI=1S/C21H27ClN4O/c1-16-5-6-18(22)19(13-16)27-21-14-20(23-15-24-21)26-11-7-17(8-12-26)25-9-3-2-4-10-25/h5-6,13-15,17H,2-4,7-12H2,1H3. The minimum atomic E-state index is 0.533. The molecule has 27 heavy (non-hydrogen) atoms. The summed E-state index contributed by atoms with van der Waals surface area (Å²) < 4.78 is 5.92. The zero-order valence-electron chi connectivity index (χ0n) is 15.9. The monoisotopic (exact) mass is 386 g/mol. The van der Waals surface area contributed by atoms with Crippen molar-refractivity contribution in [2.45, 2.75) is 45.1 Å². The van der Waals surface area contributed by atoms with Gasteiger partial charge in [0.1, 0.15) is 17.9 Å². The van der Waals surface area contributed by atoms with Gasteiger partial charge in [0.05, 0.1) is 5.02 Å². The molecule has 2 fully saturated rings. The second-order valence-corrected chi connectivity index (χ2v) is 7.97. The van der Waals surface area contributed by atoms with Crippen molar-refractivity contribution in [3.05, 3.63) is 41.2 Å². The van der Waals surface area contributed by atoms with Crippen molar-refractivity contribution in [2.75, 3.05) is 31.1 Å². The highest BCUT2D eigenvalue weighted by Gasteiger charge is 2.26. The summed E-state index contributed by atoms with van der Waals surface area (Å²) >= 11 is 6.24. The number of likely N-dealkylation sites (tertiary alicyclic amines) is 1. The molecule has 4 rings (SSSR count). The Kier molecular flexibility index (Phi) is 5.79. The van der Waals surface area contributed by atoms with Gasteiger partial charge < -0.3 is 14.5 Å². The molecule has 0 atom stereocenters. The fourth-order valence-electron chi connectivity index (χ4n) is 4.10. The second-order valence-electron chi connectivity index (χ2n) is 7.57. The van der Waals surface area contributed by atoms with Crippen LogP contribution in [0.3, 0.4) is 0 Å². The Balaban J connectivity index is 1.40. The first kappa shape index (κ1) is 18.5. The third kappa shape index (κ3) is 4.53. The quantitative estimate of drug-likeness (QED) is 0.762. The van der Waals surface area contributed by atoms with E-state index in [0.717, 1.165) is 30.5 Å². The van der Waals surface area contributed by atoms with Crippen LogP contribution in [-0.4, -0.2) is 47.1 Å². The van der Waals surface area contributed by atoms with Crippen molar-refractivity contribution in [1.82, 2.24) is 14.9 Å². The molecule has 0 N–H and O–H groups in total. The molecule has 0 bridgehead atoms. The SMILES string of the molecule is Cc1ccc(Cl)c(Oc2cc(N3CCC(N4CCCCC4)CC3)ncn2)c1. The largest absolute Gasteiger partial charge is 0.437 e. The Hall–Kier alpha value is -1.85. The molecule has 144 valence electrons. The first-order chi connectivity index (χ1) is 13.2. The molecule has 2 saturated heterocycles. The number of rotatable bonds is 4. The molecular weight excluding hydrogens is 360 g/mol. The zero-order valence-corrected chi connectivity index (χ0v) is 16.7. The maximum absolute atomic E-state index is 6.24. The molecule has 1 aromatic carbocycles. The van der Waals surface area contributed by atoms with Crippen LogP contribution in [0.1, 0.15) is 37.7 Å². The van der Waals surface area contributed by atoms with E-state index in [0.29, 0.717) is 16.7 Å². The van der Waals surface area contributed by atoms with Crippen molar-refractivity contribution >= 4 is 17.4 Å². The van der Waals surface area contributed by atoms with Crippen LogP contribution in [0.2, 0.25) is 5.02 Å². The van der Waals surface area contributed by atoms with Crippen LogP contribution in [0.5, 0.6) is 11.6 Å². The molecule has 0 aliphatic carbocycles. The van der Waals surface area contributed by atoms with Crippen LogP contribution in [0.25, 0.3) is 0 Å². The van der Waals surface area contributed by atoms with Crippen LogP contribution in [0.4, 0.5) is 5.82 Å². The average molecular weight is 387 g/mol. The summed E-state index contributed by atoms with van der Waals surface area (Å²) in [7, 11) is 0. The second kappa shape index (κ2) is 8.44. The number of aromatic nitrogens is 2. The van der Waals surface area contributed by atoms with Crippen LogP contribution in [0.15, 0.2) is 30.6 Å². The Morgan fingerprint density at radius 2 is 1.78 bits per heavy atom. The van der Waals surface area contributed by atoms with Crippen molar-refractivity contribution in [1.29, 1.82) is 0 Å². The summed E-state index contributed by atoms with van der Waals surface area (Å²) in [5.74, 6) is 2.09. The van der Waals surface area contributed by atoms with Crippen molar-refractivity contribution in [2.24, 2.45) is 0 Å². The van der Waals surface area contributed by atoms with Crippen molar-refractivity contribution in [3.63, 3.8) is 0 Å². The number of nitrogens with zero attached hydrogens (tertiary/aromatic N) is 4. The molecule has 2 aliphatic heterocycles. The van der Waals surface area contributed by atoms with E-state index in [1.54, 1.807) is 6.33 Å². The number of piperidine rings is 2. The fraction of sp³-hybridized carbons (Fsp3) is 0.524. The fourth-order valence-corrected chi connectivity index (χ4v) is 4.26. The van der Waals surface area contributed by atoms with Gasteiger partial charge in [-0.25, -0.2) is 9.97 Å². The van der Waals surface area contributed by atoms with E-state index in [-0.39, 0.29) is 0 Å². The number of ether oxygens (including phenoxy) is 1. The van der Waals surface area contributed by atoms with E-state index < -0.39 is 0 Å². The number of anilines is 1. The van der Waals surface area contributed by atoms with E-state index in [2.05, 4.69) is 19.8 Å². The van der Waals surface area contributed by atoms with Gasteiger partial charge in [-0.05, 0) is 63.4 Å². The maximum atomic E-state index is 6.24. The molecule has 3 heterocycles. The van der Waals surface area contributed by atoms with E-state index in [1.807, 2.05) is 31.2 Å². The van der Waals surface area contributed by atoms with Gasteiger partial charge in [-0.1, -0.05) is 24.1 Å². The van der Waals surface area contributed by atoms with Gasteiger partial charge >= 0.3 is 0 Å². The molecule has 0 unspecified atom stereocenters. The molecule has 2 aliphatic rings. The Morgan fingerprint density at radius 1 is 1.00 bits per heavy atom. The highest BCUT2D eigenvalue weighted by molar-refractivity contribution is 6.32. The molecule has 5 nitrogen and oxygen atoms in total. The molecule has 0 spiro atoms. The summed E-state index contributed by atoms with van der Waals surface area (Å²) in [6, 6.07) is 8.38. The first-order valence-electron chi connectivity index (χ1n) is 9.94. The molecular formula is C21H27ClN4O. The Morgan fingerprint density at radius 3 is 2.56 bits per heavy atom. The maximum Gasteiger partial charge on any atom is 0.224 e. The highest BCUT2D eigenvalue weighted by Crippen LogP contribution is 2.31. The van der Waals surface area contributed by atoms with Gasteiger partial charge in [0, 0.05) is 25.2 Å². The predicted octanol–water partition coefficient (Wildman–Crippen LogP) is 4.69. The molecule has 0 saturated carbocycles. The highest BCUT2D eigenvalue weighted by atomic mass is 35.5. The lowest BCUT2D eigenvalue weighted by Gasteiger charge is -2.40. The lowest BCUT2D eigenvalue weighted by molar-refractivity contribution is 0.141. The third-order valence-electron chi connectivity index (χ3n) is 5.62. The number of hydrogen-bond acceptors (Lipinski definition) is 5. The van der Waals surface area contributed by atoms with Gasteiger partial charge in [-0.3, -0.25) is 0 Å². The third-order valence-corrected chi connectivity index (χ3v) is 5.94. The lowest BCUT2D eigenvalue weighted by atomic mass is 10.00. The summed E-state index contributed by atoms with van der Waals surface area (Å²) in [5, 5.41) is 0.586. The molecule has 1 aromatic heterocycles. The summed E-state index contributed by atoms with van der Waals surface area (Å²) in [6.07, 6.45) is 8.07. The molecule has 0 amide bonds. The van der Waals surface area contributed by atoms with Gasteiger partial charge in [0.25, 0.3) is 0 Å².